The topological polar surface area (TPSA) is 32.3 Å². The molecule has 2 heteroatoms. The predicted molar refractivity (Wildman–Crippen MR) is 71.0 cm³/mol. The van der Waals surface area contributed by atoms with Crippen LogP contribution in [0.3, 0.4) is 0 Å². The standard InChI is InChI=1S/C15H23NO/c1-10(11-8-6-7-9-12(11)17)16-13-14(2,3)15(13,4)5/h6-10,13,16-17H,1-5H3. The fourth-order valence-electron chi connectivity index (χ4n) is 2.81. The van der Waals surface area contributed by atoms with Crippen LogP contribution in [0.1, 0.15) is 46.2 Å². The number of para-hydroxylation sites is 1. The van der Waals surface area contributed by atoms with Gasteiger partial charge in [0.15, 0.2) is 0 Å². The van der Waals surface area contributed by atoms with E-state index in [0.717, 1.165) is 5.56 Å². The van der Waals surface area contributed by atoms with Crippen molar-refractivity contribution in [3.8, 4) is 5.75 Å². The van der Waals surface area contributed by atoms with Gasteiger partial charge in [-0.1, -0.05) is 45.9 Å². The normalized spacial score (nSPS) is 23.4. The van der Waals surface area contributed by atoms with E-state index in [1.165, 1.54) is 0 Å². The smallest absolute Gasteiger partial charge is 0.120 e. The van der Waals surface area contributed by atoms with Gasteiger partial charge in [-0.15, -0.1) is 0 Å². The van der Waals surface area contributed by atoms with E-state index in [1.807, 2.05) is 18.2 Å². The molecule has 1 aromatic carbocycles. The molecule has 0 spiro atoms. The van der Waals surface area contributed by atoms with Crippen LogP contribution in [0.25, 0.3) is 0 Å². The van der Waals surface area contributed by atoms with Crippen molar-refractivity contribution >= 4 is 0 Å². The Bertz CT molecular complexity index is 409. The van der Waals surface area contributed by atoms with Gasteiger partial charge >= 0.3 is 0 Å². The summed E-state index contributed by atoms with van der Waals surface area (Å²) in [6.45, 7) is 11.3. The first-order chi connectivity index (χ1) is 7.78. The van der Waals surface area contributed by atoms with Crippen molar-refractivity contribution in [2.45, 2.75) is 46.7 Å². The van der Waals surface area contributed by atoms with E-state index in [1.54, 1.807) is 6.07 Å². The van der Waals surface area contributed by atoms with Crippen LogP contribution in [0.5, 0.6) is 5.75 Å². The molecule has 94 valence electrons. The Morgan fingerprint density at radius 1 is 1.12 bits per heavy atom. The van der Waals surface area contributed by atoms with Gasteiger partial charge in [0.25, 0.3) is 0 Å². The largest absolute Gasteiger partial charge is 0.508 e. The molecule has 0 aliphatic heterocycles. The van der Waals surface area contributed by atoms with Gasteiger partial charge in [-0.3, -0.25) is 0 Å². The number of benzene rings is 1. The fourth-order valence-corrected chi connectivity index (χ4v) is 2.81. The molecule has 17 heavy (non-hydrogen) atoms. The Balaban J connectivity index is 2.10. The van der Waals surface area contributed by atoms with Gasteiger partial charge in [0.1, 0.15) is 5.75 Å². The molecule has 0 aromatic heterocycles. The van der Waals surface area contributed by atoms with E-state index in [2.05, 4.69) is 39.9 Å². The molecular formula is C15H23NO. The SMILES string of the molecule is CC(NC1C(C)(C)C1(C)C)c1ccccc1O. The van der Waals surface area contributed by atoms with Crippen LogP contribution in [-0.4, -0.2) is 11.1 Å². The summed E-state index contributed by atoms with van der Waals surface area (Å²) >= 11 is 0. The molecule has 0 radical (unpaired) electrons. The number of phenols is 1. The van der Waals surface area contributed by atoms with Gasteiger partial charge in [-0.25, -0.2) is 0 Å². The summed E-state index contributed by atoms with van der Waals surface area (Å²) < 4.78 is 0. The third-order valence-electron chi connectivity index (χ3n) is 4.84. The highest BCUT2D eigenvalue weighted by molar-refractivity contribution is 5.35. The quantitative estimate of drug-likeness (QED) is 0.837. The van der Waals surface area contributed by atoms with Crippen molar-refractivity contribution in [2.24, 2.45) is 10.8 Å². The maximum absolute atomic E-state index is 9.83. The van der Waals surface area contributed by atoms with E-state index in [-0.39, 0.29) is 6.04 Å². The second kappa shape index (κ2) is 3.74. The third kappa shape index (κ3) is 1.85. The first-order valence-electron chi connectivity index (χ1n) is 6.32. The predicted octanol–water partition coefficient (Wildman–Crippen LogP) is 3.48. The zero-order valence-electron chi connectivity index (χ0n) is 11.4. The molecule has 0 amide bonds. The summed E-state index contributed by atoms with van der Waals surface area (Å²) in [5.74, 6) is 0.378. The lowest BCUT2D eigenvalue weighted by Crippen LogP contribution is -2.25. The molecule has 0 bridgehead atoms. The van der Waals surface area contributed by atoms with Crippen molar-refractivity contribution in [1.29, 1.82) is 0 Å². The summed E-state index contributed by atoms with van der Waals surface area (Å²) in [5.41, 5.74) is 1.63. The molecule has 0 saturated heterocycles. The summed E-state index contributed by atoms with van der Waals surface area (Å²) in [5, 5.41) is 13.5. The molecule has 1 aliphatic rings. The summed E-state index contributed by atoms with van der Waals surface area (Å²) in [4.78, 5) is 0. The number of hydrogen-bond donors (Lipinski definition) is 2. The van der Waals surface area contributed by atoms with Crippen LogP contribution in [0.4, 0.5) is 0 Å². The lowest BCUT2D eigenvalue weighted by Gasteiger charge is -2.17. The minimum absolute atomic E-state index is 0.183. The van der Waals surface area contributed by atoms with Gasteiger partial charge in [-0.05, 0) is 23.8 Å². The van der Waals surface area contributed by atoms with Crippen molar-refractivity contribution < 1.29 is 5.11 Å². The Kier molecular flexibility index (Phi) is 2.74. The van der Waals surface area contributed by atoms with E-state index in [0.29, 0.717) is 22.6 Å². The molecule has 1 aliphatic carbocycles. The van der Waals surface area contributed by atoms with Crippen molar-refractivity contribution in [1.82, 2.24) is 5.32 Å². The Morgan fingerprint density at radius 2 is 1.65 bits per heavy atom. The van der Waals surface area contributed by atoms with Crippen molar-refractivity contribution in [3.05, 3.63) is 29.8 Å². The number of rotatable bonds is 3. The van der Waals surface area contributed by atoms with Gasteiger partial charge < -0.3 is 10.4 Å². The van der Waals surface area contributed by atoms with Crippen LogP contribution < -0.4 is 5.32 Å². The van der Waals surface area contributed by atoms with Crippen LogP contribution in [0.15, 0.2) is 24.3 Å². The van der Waals surface area contributed by atoms with Gasteiger partial charge in [0.2, 0.25) is 0 Å². The minimum atomic E-state index is 0.183. The van der Waals surface area contributed by atoms with Crippen LogP contribution >= 0.6 is 0 Å². The maximum Gasteiger partial charge on any atom is 0.120 e. The maximum atomic E-state index is 9.83. The molecule has 0 heterocycles. The number of aromatic hydroxyl groups is 1. The fraction of sp³-hybridized carbons (Fsp3) is 0.600. The second-order valence-electron chi connectivity index (χ2n) is 6.32. The molecular weight excluding hydrogens is 210 g/mol. The monoisotopic (exact) mass is 233 g/mol. The Morgan fingerprint density at radius 3 is 2.12 bits per heavy atom. The molecule has 2 nitrogen and oxygen atoms in total. The van der Waals surface area contributed by atoms with Gasteiger partial charge in [0.05, 0.1) is 0 Å². The van der Waals surface area contributed by atoms with Crippen LogP contribution in [0, 0.1) is 10.8 Å². The number of phenolic OH excluding ortho intramolecular Hbond substituents is 1. The van der Waals surface area contributed by atoms with E-state index in [4.69, 9.17) is 0 Å². The highest BCUT2D eigenvalue weighted by Crippen LogP contribution is 2.63. The minimum Gasteiger partial charge on any atom is -0.508 e. The molecule has 2 N–H and O–H groups in total. The van der Waals surface area contributed by atoms with Crippen molar-refractivity contribution in [3.63, 3.8) is 0 Å². The van der Waals surface area contributed by atoms with E-state index >= 15 is 0 Å². The van der Waals surface area contributed by atoms with E-state index < -0.39 is 0 Å². The van der Waals surface area contributed by atoms with Crippen LogP contribution in [-0.2, 0) is 0 Å². The molecule has 2 rings (SSSR count). The van der Waals surface area contributed by atoms with Gasteiger partial charge in [-0.2, -0.15) is 0 Å². The number of hydrogen-bond acceptors (Lipinski definition) is 2. The highest BCUT2D eigenvalue weighted by Gasteiger charge is 2.64. The zero-order chi connectivity index (χ0) is 12.8. The summed E-state index contributed by atoms with van der Waals surface area (Å²) in [6, 6.07) is 8.24. The molecule has 1 aromatic rings. The lowest BCUT2D eigenvalue weighted by molar-refractivity contribution is 0.440. The molecule has 1 unspecified atom stereocenters. The Labute approximate surface area is 104 Å². The molecule has 1 fully saturated rings. The molecule has 1 atom stereocenters. The molecule has 1 saturated carbocycles. The summed E-state index contributed by atoms with van der Waals surface area (Å²) in [6.07, 6.45) is 0. The zero-order valence-corrected chi connectivity index (χ0v) is 11.4. The van der Waals surface area contributed by atoms with Gasteiger partial charge in [0, 0.05) is 17.6 Å². The first-order valence-corrected chi connectivity index (χ1v) is 6.32. The van der Waals surface area contributed by atoms with Crippen LogP contribution in [0.2, 0.25) is 0 Å². The average molecular weight is 233 g/mol. The average Bonchev–Trinajstić information content (AvgIpc) is 2.61. The Hall–Kier alpha value is -1.02. The van der Waals surface area contributed by atoms with Crippen molar-refractivity contribution in [2.75, 3.05) is 0 Å². The summed E-state index contributed by atoms with van der Waals surface area (Å²) in [7, 11) is 0. The second-order valence-corrected chi connectivity index (χ2v) is 6.32. The lowest BCUT2D eigenvalue weighted by atomic mass is 10.0. The first kappa shape index (κ1) is 12.4. The van der Waals surface area contributed by atoms with E-state index in [9.17, 15) is 5.11 Å². The number of nitrogens with one attached hydrogen (secondary N) is 1. The highest BCUT2D eigenvalue weighted by atomic mass is 16.3. The third-order valence-corrected chi connectivity index (χ3v) is 4.84.